The lowest BCUT2D eigenvalue weighted by Crippen LogP contribution is -2.45. The highest BCUT2D eigenvalue weighted by molar-refractivity contribution is 6.34. The van der Waals surface area contributed by atoms with Crippen molar-refractivity contribution in [2.45, 2.75) is 13.0 Å². The normalized spacial score (nSPS) is 17.3. The van der Waals surface area contributed by atoms with E-state index in [1.54, 1.807) is 0 Å². The molecule has 1 fully saturated rings. The van der Waals surface area contributed by atoms with Gasteiger partial charge in [0.1, 0.15) is 0 Å². The van der Waals surface area contributed by atoms with Gasteiger partial charge in [0.05, 0.1) is 11.8 Å². The quantitative estimate of drug-likeness (QED) is 0.543. The van der Waals surface area contributed by atoms with E-state index in [1.807, 2.05) is 31.2 Å². The van der Waals surface area contributed by atoms with E-state index in [0.29, 0.717) is 6.04 Å². The molecule has 29 heavy (non-hydrogen) atoms. The van der Waals surface area contributed by atoms with Crippen molar-refractivity contribution in [2.75, 3.05) is 26.2 Å². The van der Waals surface area contributed by atoms with Crippen LogP contribution in [0.2, 0.25) is 5.02 Å². The summed E-state index contributed by atoms with van der Waals surface area (Å²) in [5.41, 5.74) is 7.60. The maximum absolute atomic E-state index is 6.33. The van der Waals surface area contributed by atoms with Crippen LogP contribution in [0.4, 0.5) is 0 Å². The number of piperazine rings is 1. The Balaban J connectivity index is 1.35. The van der Waals surface area contributed by atoms with Crippen LogP contribution in [-0.2, 0) is 0 Å². The molecule has 0 unspecified atom stereocenters. The van der Waals surface area contributed by atoms with Gasteiger partial charge in [-0.1, -0.05) is 78.3 Å². The molecule has 0 atom stereocenters. The molecule has 0 bridgehead atoms. The Morgan fingerprint density at radius 1 is 0.793 bits per heavy atom. The fraction of sp³-hybridized carbons (Fsp3) is 0.240. The molecule has 0 saturated carbocycles. The fourth-order valence-corrected chi connectivity index (χ4v) is 4.89. The second-order valence-electron chi connectivity index (χ2n) is 7.73. The van der Waals surface area contributed by atoms with Crippen molar-refractivity contribution in [3.8, 4) is 11.1 Å². The highest BCUT2D eigenvalue weighted by Crippen LogP contribution is 2.46. The Hall–Kier alpha value is -2.62. The minimum atomic E-state index is 0.346. The van der Waals surface area contributed by atoms with Crippen molar-refractivity contribution in [1.29, 1.82) is 0 Å². The standard InChI is InChI=1S/C25H24ClN3/c1-18(19-8-6-7-13-24(19)26)27-29-16-14-28(15-17-29)25-22-11-4-2-9-20(22)21-10-3-5-12-23(21)25/h2-13,25H,14-17H2,1H3/b27-18-. The molecule has 3 aromatic rings. The van der Waals surface area contributed by atoms with E-state index < -0.39 is 0 Å². The summed E-state index contributed by atoms with van der Waals surface area (Å²) in [5.74, 6) is 0. The Morgan fingerprint density at radius 3 is 1.97 bits per heavy atom. The van der Waals surface area contributed by atoms with Gasteiger partial charge in [0, 0.05) is 36.8 Å². The third-order valence-electron chi connectivity index (χ3n) is 6.01. The third kappa shape index (κ3) is 3.35. The van der Waals surface area contributed by atoms with Gasteiger partial charge < -0.3 is 0 Å². The van der Waals surface area contributed by atoms with E-state index in [-0.39, 0.29) is 0 Å². The van der Waals surface area contributed by atoms with Gasteiger partial charge in [-0.15, -0.1) is 0 Å². The van der Waals surface area contributed by atoms with Crippen molar-refractivity contribution < 1.29 is 0 Å². The number of fused-ring (bicyclic) bond motifs is 3. The minimum absolute atomic E-state index is 0.346. The Bertz CT molecular complexity index is 1020. The first-order chi connectivity index (χ1) is 14.2. The molecule has 3 nitrogen and oxygen atoms in total. The second kappa shape index (κ2) is 7.66. The van der Waals surface area contributed by atoms with Crippen molar-refractivity contribution in [2.24, 2.45) is 5.10 Å². The van der Waals surface area contributed by atoms with Crippen molar-refractivity contribution in [3.63, 3.8) is 0 Å². The second-order valence-corrected chi connectivity index (χ2v) is 8.14. The average molecular weight is 402 g/mol. The van der Waals surface area contributed by atoms with Crippen LogP contribution in [-0.4, -0.2) is 41.8 Å². The summed E-state index contributed by atoms with van der Waals surface area (Å²) in [5, 5.41) is 7.79. The van der Waals surface area contributed by atoms with E-state index >= 15 is 0 Å². The highest BCUT2D eigenvalue weighted by atomic mass is 35.5. The number of hydrazone groups is 1. The molecule has 1 aliphatic heterocycles. The molecule has 0 N–H and O–H groups in total. The van der Waals surface area contributed by atoms with Gasteiger partial charge in [-0.2, -0.15) is 5.10 Å². The Labute approximate surface area is 177 Å². The first kappa shape index (κ1) is 18.4. The molecule has 1 aliphatic carbocycles. The molecule has 0 spiro atoms. The summed E-state index contributed by atoms with van der Waals surface area (Å²) in [6.45, 7) is 5.86. The average Bonchev–Trinajstić information content (AvgIpc) is 3.09. The molecule has 146 valence electrons. The van der Waals surface area contributed by atoms with Gasteiger partial charge in [0.25, 0.3) is 0 Å². The lowest BCUT2D eigenvalue weighted by Gasteiger charge is -2.37. The Kier molecular flexibility index (Phi) is 4.86. The summed E-state index contributed by atoms with van der Waals surface area (Å²) in [6.07, 6.45) is 0. The molecule has 2 aliphatic rings. The van der Waals surface area contributed by atoms with Gasteiger partial charge in [0.15, 0.2) is 0 Å². The van der Waals surface area contributed by atoms with Crippen LogP contribution in [0.25, 0.3) is 11.1 Å². The zero-order valence-electron chi connectivity index (χ0n) is 16.6. The van der Waals surface area contributed by atoms with Crippen LogP contribution in [0.15, 0.2) is 77.9 Å². The van der Waals surface area contributed by atoms with Crippen molar-refractivity contribution in [1.82, 2.24) is 9.91 Å². The van der Waals surface area contributed by atoms with Gasteiger partial charge in [-0.05, 0) is 35.2 Å². The lowest BCUT2D eigenvalue weighted by atomic mass is 10.0. The van der Waals surface area contributed by atoms with E-state index in [0.717, 1.165) is 42.5 Å². The van der Waals surface area contributed by atoms with Crippen molar-refractivity contribution in [3.05, 3.63) is 94.5 Å². The number of halogens is 1. The van der Waals surface area contributed by atoms with Crippen LogP contribution >= 0.6 is 11.6 Å². The smallest absolute Gasteiger partial charge is 0.0661 e. The predicted molar refractivity (Wildman–Crippen MR) is 121 cm³/mol. The first-order valence-corrected chi connectivity index (χ1v) is 10.6. The SMILES string of the molecule is C/C(=N/N1CCN(C2c3ccccc3-c3ccccc32)CC1)c1ccccc1Cl. The Morgan fingerprint density at radius 2 is 1.34 bits per heavy atom. The first-order valence-electron chi connectivity index (χ1n) is 10.2. The lowest BCUT2D eigenvalue weighted by molar-refractivity contribution is 0.114. The molecule has 1 saturated heterocycles. The van der Waals surface area contributed by atoms with E-state index in [2.05, 4.69) is 58.4 Å². The zero-order chi connectivity index (χ0) is 19.8. The largest absolute Gasteiger partial charge is 0.294 e. The topological polar surface area (TPSA) is 18.8 Å². The summed E-state index contributed by atoms with van der Waals surface area (Å²) in [6, 6.07) is 25.9. The maximum atomic E-state index is 6.33. The molecule has 4 heteroatoms. The molecule has 0 radical (unpaired) electrons. The number of hydrogen-bond donors (Lipinski definition) is 0. The molecular weight excluding hydrogens is 378 g/mol. The van der Waals surface area contributed by atoms with Crippen LogP contribution in [0.3, 0.4) is 0 Å². The molecule has 5 rings (SSSR count). The van der Waals surface area contributed by atoms with Crippen LogP contribution < -0.4 is 0 Å². The fourth-order valence-electron chi connectivity index (χ4n) is 4.61. The zero-order valence-corrected chi connectivity index (χ0v) is 17.3. The summed E-state index contributed by atoms with van der Waals surface area (Å²) < 4.78 is 0. The van der Waals surface area contributed by atoms with Crippen LogP contribution in [0.5, 0.6) is 0 Å². The predicted octanol–water partition coefficient (Wildman–Crippen LogP) is 5.45. The van der Waals surface area contributed by atoms with Gasteiger partial charge in [0.2, 0.25) is 0 Å². The number of hydrogen-bond acceptors (Lipinski definition) is 3. The molecule has 0 aromatic heterocycles. The van der Waals surface area contributed by atoms with Gasteiger partial charge in [-0.3, -0.25) is 9.91 Å². The number of rotatable bonds is 3. The monoisotopic (exact) mass is 401 g/mol. The van der Waals surface area contributed by atoms with E-state index in [4.69, 9.17) is 16.7 Å². The number of benzene rings is 3. The molecule has 3 aromatic carbocycles. The van der Waals surface area contributed by atoms with Crippen molar-refractivity contribution >= 4 is 17.3 Å². The summed E-state index contributed by atoms with van der Waals surface area (Å²) >= 11 is 6.33. The maximum Gasteiger partial charge on any atom is 0.0661 e. The highest BCUT2D eigenvalue weighted by Gasteiger charge is 2.33. The minimum Gasteiger partial charge on any atom is -0.294 e. The molecular formula is C25H24ClN3. The summed E-state index contributed by atoms with van der Waals surface area (Å²) in [7, 11) is 0. The van der Waals surface area contributed by atoms with Crippen LogP contribution in [0, 0.1) is 0 Å². The van der Waals surface area contributed by atoms with Gasteiger partial charge >= 0.3 is 0 Å². The van der Waals surface area contributed by atoms with Gasteiger partial charge in [-0.25, -0.2) is 0 Å². The third-order valence-corrected chi connectivity index (χ3v) is 6.34. The summed E-state index contributed by atoms with van der Waals surface area (Å²) in [4.78, 5) is 2.60. The van der Waals surface area contributed by atoms with Crippen LogP contribution in [0.1, 0.15) is 29.7 Å². The molecule has 0 amide bonds. The number of nitrogens with zero attached hydrogens (tertiary/aromatic N) is 3. The molecule has 1 heterocycles. The van der Waals surface area contributed by atoms with E-state index in [9.17, 15) is 0 Å². The van der Waals surface area contributed by atoms with E-state index in [1.165, 1.54) is 22.3 Å².